The Hall–Kier alpha value is -2.33. The number of esters is 1. The number of carbonyl (C=O) groups is 2. The number of Topliss-reactive ketones (excluding diaryl/α,β-unsaturated/α-hetero) is 1. The number of fused-ring (bicyclic) bond motifs is 2. The number of benzene rings is 2. The largest absolute Gasteiger partial charge is 0.461 e. The van der Waals surface area contributed by atoms with Gasteiger partial charge >= 0.3 is 5.97 Å². The zero-order valence-corrected chi connectivity index (χ0v) is 14.3. The first-order valence-electron chi connectivity index (χ1n) is 7.80. The Morgan fingerprint density at radius 2 is 2.08 bits per heavy atom. The summed E-state index contributed by atoms with van der Waals surface area (Å²) in [5, 5.41) is 0. The van der Waals surface area contributed by atoms with E-state index >= 15 is 0 Å². The molecule has 4 heteroatoms. The highest BCUT2D eigenvalue weighted by molar-refractivity contribution is 7.99. The normalized spacial score (nSPS) is 14.1. The second-order valence-electron chi connectivity index (χ2n) is 5.71. The number of hydrogen-bond donors (Lipinski definition) is 0. The van der Waals surface area contributed by atoms with Crippen LogP contribution in [0.2, 0.25) is 0 Å². The summed E-state index contributed by atoms with van der Waals surface area (Å²) in [5.74, 6) is -0.651. The molecule has 0 N–H and O–H groups in total. The van der Waals surface area contributed by atoms with Crippen LogP contribution in [0.25, 0.3) is 0 Å². The smallest absolute Gasteiger partial charge is 0.313 e. The van der Waals surface area contributed by atoms with E-state index in [0.29, 0.717) is 12.0 Å². The van der Waals surface area contributed by atoms with Gasteiger partial charge in [-0.15, -0.1) is 0 Å². The summed E-state index contributed by atoms with van der Waals surface area (Å²) < 4.78 is 5.11. The lowest BCUT2D eigenvalue weighted by Crippen LogP contribution is -2.14. The van der Waals surface area contributed by atoms with Crippen LogP contribution in [0.3, 0.4) is 0 Å². The topological polar surface area (TPSA) is 43.4 Å². The Labute approximate surface area is 145 Å². The molecule has 0 radical (unpaired) electrons. The van der Waals surface area contributed by atoms with E-state index in [1.54, 1.807) is 24.8 Å². The molecule has 2 aromatic rings. The van der Waals surface area contributed by atoms with E-state index in [-0.39, 0.29) is 18.4 Å². The summed E-state index contributed by atoms with van der Waals surface area (Å²) in [6.45, 7) is 5.52. The lowest BCUT2D eigenvalue weighted by Gasteiger charge is -2.13. The molecule has 3 nitrogen and oxygen atoms in total. The molecule has 1 aliphatic rings. The van der Waals surface area contributed by atoms with Crippen molar-refractivity contribution in [2.45, 2.75) is 29.1 Å². The minimum Gasteiger partial charge on any atom is -0.461 e. The first kappa shape index (κ1) is 16.5. The standard InChI is InChI=1S/C20H18O3S/c1-3-10-23-20(22)13(2)14-8-9-19-16(11-14)17(21)12-15-6-4-5-7-18(15)24-19/h3-9,11,13H,1,10,12H2,2H3. The molecule has 1 heterocycles. The van der Waals surface area contributed by atoms with Crippen LogP contribution in [0.4, 0.5) is 0 Å². The first-order chi connectivity index (χ1) is 11.6. The monoisotopic (exact) mass is 338 g/mol. The molecule has 0 amide bonds. The van der Waals surface area contributed by atoms with Crippen molar-refractivity contribution < 1.29 is 14.3 Å². The van der Waals surface area contributed by atoms with Crippen molar-refractivity contribution in [2.24, 2.45) is 0 Å². The molecule has 1 aliphatic heterocycles. The van der Waals surface area contributed by atoms with Gasteiger partial charge < -0.3 is 4.74 Å². The number of rotatable bonds is 4. The van der Waals surface area contributed by atoms with Gasteiger partial charge in [-0.1, -0.05) is 48.7 Å². The molecule has 0 fully saturated rings. The summed E-state index contributed by atoms with van der Waals surface area (Å²) in [4.78, 5) is 26.7. The highest BCUT2D eigenvalue weighted by atomic mass is 32.2. The van der Waals surface area contributed by atoms with E-state index in [2.05, 4.69) is 6.58 Å². The molecular formula is C20H18O3S. The Morgan fingerprint density at radius 1 is 1.29 bits per heavy atom. The molecule has 0 saturated carbocycles. The fraction of sp³-hybridized carbons (Fsp3) is 0.200. The van der Waals surface area contributed by atoms with Crippen molar-refractivity contribution in [1.82, 2.24) is 0 Å². The minimum absolute atomic E-state index is 0.0796. The van der Waals surface area contributed by atoms with Gasteiger partial charge in [0.25, 0.3) is 0 Å². The Balaban J connectivity index is 1.91. The molecule has 0 saturated heterocycles. The molecule has 2 aromatic carbocycles. The zero-order chi connectivity index (χ0) is 17.1. The summed E-state index contributed by atoms with van der Waals surface area (Å²) in [6.07, 6.45) is 1.92. The Kier molecular flexibility index (Phi) is 4.86. The number of ketones is 1. The Morgan fingerprint density at radius 3 is 2.88 bits per heavy atom. The van der Waals surface area contributed by atoms with Crippen LogP contribution in [-0.2, 0) is 16.0 Å². The summed E-state index contributed by atoms with van der Waals surface area (Å²) in [7, 11) is 0. The molecule has 0 bridgehead atoms. The molecule has 24 heavy (non-hydrogen) atoms. The second kappa shape index (κ2) is 7.05. The zero-order valence-electron chi connectivity index (χ0n) is 13.5. The highest BCUT2D eigenvalue weighted by Gasteiger charge is 2.23. The van der Waals surface area contributed by atoms with E-state index in [1.165, 1.54) is 0 Å². The van der Waals surface area contributed by atoms with Crippen LogP contribution < -0.4 is 0 Å². The summed E-state index contributed by atoms with van der Waals surface area (Å²) >= 11 is 1.60. The van der Waals surface area contributed by atoms with Crippen molar-refractivity contribution in [2.75, 3.05) is 6.61 Å². The van der Waals surface area contributed by atoms with E-state index in [0.717, 1.165) is 20.9 Å². The van der Waals surface area contributed by atoms with Crippen molar-refractivity contribution >= 4 is 23.5 Å². The maximum Gasteiger partial charge on any atom is 0.313 e. The predicted molar refractivity (Wildman–Crippen MR) is 94.6 cm³/mol. The quantitative estimate of drug-likeness (QED) is 0.612. The Bertz CT molecular complexity index is 810. The first-order valence-corrected chi connectivity index (χ1v) is 8.62. The third kappa shape index (κ3) is 3.29. The van der Waals surface area contributed by atoms with E-state index in [9.17, 15) is 9.59 Å². The fourth-order valence-electron chi connectivity index (χ4n) is 2.66. The molecule has 0 aromatic heterocycles. The molecule has 1 atom stereocenters. The SMILES string of the molecule is C=CCOC(=O)C(C)c1ccc2c(c1)C(=O)Cc1ccccc1S2. The van der Waals surface area contributed by atoms with Crippen molar-refractivity contribution in [3.63, 3.8) is 0 Å². The fourth-order valence-corrected chi connectivity index (χ4v) is 3.74. The van der Waals surface area contributed by atoms with Crippen LogP contribution in [0, 0.1) is 0 Å². The minimum atomic E-state index is -0.418. The van der Waals surface area contributed by atoms with Crippen molar-refractivity contribution in [3.8, 4) is 0 Å². The van der Waals surface area contributed by atoms with E-state index < -0.39 is 5.92 Å². The van der Waals surface area contributed by atoms with Gasteiger partial charge in [-0.25, -0.2) is 0 Å². The van der Waals surface area contributed by atoms with Crippen LogP contribution >= 0.6 is 11.8 Å². The van der Waals surface area contributed by atoms with Gasteiger partial charge in [0.2, 0.25) is 0 Å². The van der Waals surface area contributed by atoms with E-state index in [4.69, 9.17) is 4.74 Å². The number of ether oxygens (including phenoxy) is 1. The van der Waals surface area contributed by atoms with Crippen LogP contribution in [0.15, 0.2) is 64.9 Å². The third-order valence-corrected chi connectivity index (χ3v) is 5.24. The maximum absolute atomic E-state index is 12.6. The lowest BCUT2D eigenvalue weighted by molar-refractivity contribution is -0.143. The predicted octanol–water partition coefficient (Wildman–Crippen LogP) is 4.41. The summed E-state index contributed by atoms with van der Waals surface area (Å²) in [6, 6.07) is 13.6. The van der Waals surface area contributed by atoms with Gasteiger partial charge in [0.05, 0.1) is 5.92 Å². The van der Waals surface area contributed by atoms with Gasteiger partial charge in [-0.3, -0.25) is 9.59 Å². The lowest BCUT2D eigenvalue weighted by atomic mass is 9.96. The molecule has 0 spiro atoms. The number of carbonyl (C=O) groups excluding carboxylic acids is 2. The van der Waals surface area contributed by atoms with Crippen molar-refractivity contribution in [1.29, 1.82) is 0 Å². The van der Waals surface area contributed by atoms with E-state index in [1.807, 2.05) is 42.5 Å². The average molecular weight is 338 g/mol. The molecule has 0 aliphatic carbocycles. The van der Waals surface area contributed by atoms with Crippen LogP contribution in [-0.4, -0.2) is 18.4 Å². The van der Waals surface area contributed by atoms with Gasteiger partial charge in [0, 0.05) is 21.8 Å². The van der Waals surface area contributed by atoms with Crippen molar-refractivity contribution in [3.05, 3.63) is 71.8 Å². The average Bonchev–Trinajstić information content (AvgIpc) is 2.74. The number of hydrogen-bond acceptors (Lipinski definition) is 4. The van der Waals surface area contributed by atoms with Gasteiger partial charge in [-0.2, -0.15) is 0 Å². The summed E-state index contributed by atoms with van der Waals surface area (Å²) in [5.41, 5.74) is 2.52. The second-order valence-corrected chi connectivity index (χ2v) is 6.79. The van der Waals surface area contributed by atoms with Gasteiger partial charge in [-0.05, 0) is 36.2 Å². The highest BCUT2D eigenvalue weighted by Crippen LogP contribution is 2.38. The molecule has 122 valence electrons. The van der Waals surface area contributed by atoms with Gasteiger partial charge in [0.15, 0.2) is 5.78 Å². The molecular weight excluding hydrogens is 320 g/mol. The molecule has 3 rings (SSSR count). The van der Waals surface area contributed by atoms with Crippen LogP contribution in [0.5, 0.6) is 0 Å². The maximum atomic E-state index is 12.6. The van der Waals surface area contributed by atoms with Gasteiger partial charge in [0.1, 0.15) is 6.61 Å². The molecule has 1 unspecified atom stereocenters. The third-order valence-electron chi connectivity index (χ3n) is 4.04. The van der Waals surface area contributed by atoms with Crippen LogP contribution in [0.1, 0.15) is 34.3 Å².